The second-order valence-corrected chi connectivity index (χ2v) is 5.77. The summed E-state index contributed by atoms with van der Waals surface area (Å²) in [6.45, 7) is 0.178. The summed E-state index contributed by atoms with van der Waals surface area (Å²) in [4.78, 5) is 34.7. The van der Waals surface area contributed by atoms with Gasteiger partial charge in [0.25, 0.3) is 17.2 Å². The molecule has 0 aliphatic heterocycles. The first kappa shape index (κ1) is 18.0. The molecule has 3 rings (SSSR count). The molecule has 0 spiro atoms. The molecular weight excluding hydrogens is 353 g/mol. The molecule has 27 heavy (non-hydrogen) atoms. The van der Waals surface area contributed by atoms with Crippen LogP contribution in [0.5, 0.6) is 0 Å². The number of pyridine rings is 1. The topological polar surface area (TPSA) is 94.2 Å². The number of non-ortho nitro benzene ring substituents is 1. The Hall–Kier alpha value is -3.81. The number of carbonyl (C=O) groups excluding carboxylic acids is 1. The predicted octanol–water partition coefficient (Wildman–Crippen LogP) is 3.20. The molecule has 2 aromatic carbocycles. The van der Waals surface area contributed by atoms with Crippen LogP contribution < -0.4 is 10.9 Å². The number of nitrogens with zero attached hydrogens (tertiary/aromatic N) is 2. The van der Waals surface area contributed by atoms with Crippen molar-refractivity contribution >= 4 is 17.3 Å². The number of anilines is 1. The van der Waals surface area contributed by atoms with E-state index in [2.05, 4.69) is 5.32 Å². The standard InChI is InChI=1S/C19H14FN3O4/c20-15-7-4-13(5-8-15)11-22-12-14(6-9-18(22)24)19(25)21-16-2-1-3-17(10-16)23(26)27/h1-10,12H,11H2,(H,21,25). The maximum absolute atomic E-state index is 13.0. The molecule has 3 aromatic rings. The Morgan fingerprint density at radius 3 is 2.56 bits per heavy atom. The monoisotopic (exact) mass is 367 g/mol. The van der Waals surface area contributed by atoms with E-state index in [0.717, 1.165) is 0 Å². The van der Waals surface area contributed by atoms with E-state index >= 15 is 0 Å². The second kappa shape index (κ2) is 7.61. The first-order valence-corrected chi connectivity index (χ1v) is 7.93. The van der Waals surface area contributed by atoms with Crippen molar-refractivity contribution in [2.75, 3.05) is 5.32 Å². The van der Waals surface area contributed by atoms with Crippen LogP contribution >= 0.6 is 0 Å². The van der Waals surface area contributed by atoms with Crippen molar-refractivity contribution in [1.29, 1.82) is 0 Å². The van der Waals surface area contributed by atoms with Crippen LogP contribution in [0.25, 0.3) is 0 Å². The first-order chi connectivity index (χ1) is 12.9. The second-order valence-electron chi connectivity index (χ2n) is 5.77. The Kier molecular flexibility index (Phi) is 5.07. The fraction of sp³-hybridized carbons (Fsp3) is 0.0526. The van der Waals surface area contributed by atoms with Crippen LogP contribution in [0, 0.1) is 15.9 Å². The van der Waals surface area contributed by atoms with Gasteiger partial charge in [0.1, 0.15) is 5.82 Å². The Labute approximate surface area is 152 Å². The zero-order chi connectivity index (χ0) is 19.4. The van der Waals surface area contributed by atoms with Crippen LogP contribution in [0.2, 0.25) is 0 Å². The van der Waals surface area contributed by atoms with Crippen molar-refractivity contribution in [3.63, 3.8) is 0 Å². The van der Waals surface area contributed by atoms with E-state index in [4.69, 9.17) is 0 Å². The minimum Gasteiger partial charge on any atom is -0.322 e. The van der Waals surface area contributed by atoms with Crippen molar-refractivity contribution in [2.45, 2.75) is 6.54 Å². The lowest BCUT2D eigenvalue weighted by Gasteiger charge is -2.09. The summed E-state index contributed by atoms with van der Waals surface area (Å²) < 4.78 is 14.3. The number of aromatic nitrogens is 1. The molecule has 1 aromatic heterocycles. The van der Waals surface area contributed by atoms with Gasteiger partial charge in [-0.1, -0.05) is 18.2 Å². The number of hydrogen-bond donors (Lipinski definition) is 1. The highest BCUT2D eigenvalue weighted by atomic mass is 19.1. The first-order valence-electron chi connectivity index (χ1n) is 7.93. The SMILES string of the molecule is O=C(Nc1cccc([N+](=O)[O-])c1)c1ccc(=O)n(Cc2ccc(F)cc2)c1. The molecule has 1 N–H and O–H groups in total. The van der Waals surface area contributed by atoms with Crippen LogP contribution in [0.1, 0.15) is 15.9 Å². The summed E-state index contributed by atoms with van der Waals surface area (Å²) in [5, 5.41) is 13.4. The molecule has 7 nitrogen and oxygen atoms in total. The molecule has 0 unspecified atom stereocenters. The fourth-order valence-electron chi connectivity index (χ4n) is 2.48. The van der Waals surface area contributed by atoms with Crippen LogP contribution in [0.15, 0.2) is 71.7 Å². The van der Waals surface area contributed by atoms with Gasteiger partial charge in [0.2, 0.25) is 0 Å². The molecule has 0 aliphatic rings. The van der Waals surface area contributed by atoms with Gasteiger partial charge in [0.15, 0.2) is 0 Å². The summed E-state index contributed by atoms with van der Waals surface area (Å²) in [7, 11) is 0. The highest BCUT2D eigenvalue weighted by molar-refractivity contribution is 6.04. The molecule has 1 amide bonds. The zero-order valence-corrected chi connectivity index (χ0v) is 14.0. The Morgan fingerprint density at radius 1 is 1.11 bits per heavy atom. The van der Waals surface area contributed by atoms with Gasteiger partial charge in [-0.25, -0.2) is 4.39 Å². The van der Waals surface area contributed by atoms with Gasteiger partial charge >= 0.3 is 0 Å². The molecule has 0 saturated carbocycles. The summed E-state index contributed by atoms with van der Waals surface area (Å²) >= 11 is 0. The van der Waals surface area contributed by atoms with Crippen LogP contribution in [-0.2, 0) is 6.54 Å². The third kappa shape index (κ3) is 4.43. The largest absolute Gasteiger partial charge is 0.322 e. The lowest BCUT2D eigenvalue weighted by atomic mass is 10.2. The minimum atomic E-state index is -0.557. The van der Waals surface area contributed by atoms with Crippen molar-refractivity contribution in [3.8, 4) is 0 Å². The molecule has 1 heterocycles. The summed E-state index contributed by atoms with van der Waals surface area (Å²) in [6.07, 6.45) is 1.39. The Balaban J connectivity index is 1.81. The number of hydrogen-bond acceptors (Lipinski definition) is 4. The van der Waals surface area contributed by atoms with Gasteiger partial charge < -0.3 is 9.88 Å². The van der Waals surface area contributed by atoms with Gasteiger partial charge in [0, 0.05) is 30.1 Å². The number of carbonyl (C=O) groups is 1. The van der Waals surface area contributed by atoms with Gasteiger partial charge in [0.05, 0.1) is 17.0 Å². The normalized spacial score (nSPS) is 10.4. The number of rotatable bonds is 5. The molecule has 0 radical (unpaired) electrons. The minimum absolute atomic E-state index is 0.144. The van der Waals surface area contributed by atoms with Gasteiger partial charge in [-0.15, -0.1) is 0 Å². The molecule has 0 bridgehead atoms. The lowest BCUT2D eigenvalue weighted by molar-refractivity contribution is -0.384. The van der Waals surface area contributed by atoms with E-state index in [0.29, 0.717) is 5.56 Å². The molecule has 0 atom stereocenters. The van der Waals surface area contributed by atoms with Gasteiger partial charge in [-0.2, -0.15) is 0 Å². The predicted molar refractivity (Wildman–Crippen MR) is 97.3 cm³/mol. The number of nitro benzene ring substituents is 1. The Morgan fingerprint density at radius 2 is 1.85 bits per heavy atom. The van der Waals surface area contributed by atoms with Crippen LogP contribution in [0.4, 0.5) is 15.8 Å². The van der Waals surface area contributed by atoms with Crippen LogP contribution in [-0.4, -0.2) is 15.4 Å². The number of benzene rings is 2. The number of amides is 1. The van der Waals surface area contributed by atoms with E-state index in [1.165, 1.54) is 59.3 Å². The molecular formula is C19H14FN3O4. The number of halogens is 1. The van der Waals surface area contributed by atoms with Crippen molar-refractivity contribution in [2.24, 2.45) is 0 Å². The third-order valence-electron chi connectivity index (χ3n) is 3.83. The van der Waals surface area contributed by atoms with Crippen molar-refractivity contribution < 1.29 is 14.1 Å². The number of nitro groups is 1. The molecule has 0 aliphatic carbocycles. The van der Waals surface area contributed by atoms with E-state index in [9.17, 15) is 24.1 Å². The Bertz CT molecular complexity index is 1060. The van der Waals surface area contributed by atoms with E-state index in [1.54, 1.807) is 12.1 Å². The zero-order valence-electron chi connectivity index (χ0n) is 14.0. The average molecular weight is 367 g/mol. The van der Waals surface area contributed by atoms with Gasteiger partial charge in [-0.3, -0.25) is 19.7 Å². The molecule has 0 saturated heterocycles. The number of nitrogens with one attached hydrogen (secondary N) is 1. The van der Waals surface area contributed by atoms with Crippen molar-refractivity contribution in [1.82, 2.24) is 4.57 Å². The third-order valence-corrected chi connectivity index (χ3v) is 3.83. The van der Waals surface area contributed by atoms with E-state index in [1.807, 2.05) is 0 Å². The summed E-state index contributed by atoms with van der Waals surface area (Å²) in [5.74, 6) is -0.889. The summed E-state index contributed by atoms with van der Waals surface area (Å²) in [5.41, 5.74) is 0.726. The van der Waals surface area contributed by atoms with Crippen LogP contribution in [0.3, 0.4) is 0 Å². The van der Waals surface area contributed by atoms with E-state index < -0.39 is 10.8 Å². The maximum Gasteiger partial charge on any atom is 0.271 e. The maximum atomic E-state index is 13.0. The highest BCUT2D eigenvalue weighted by Gasteiger charge is 2.11. The smallest absolute Gasteiger partial charge is 0.271 e. The highest BCUT2D eigenvalue weighted by Crippen LogP contribution is 2.17. The fourth-order valence-corrected chi connectivity index (χ4v) is 2.48. The lowest BCUT2D eigenvalue weighted by Crippen LogP contribution is -2.22. The average Bonchev–Trinajstić information content (AvgIpc) is 2.65. The quantitative estimate of drug-likeness (QED) is 0.553. The van der Waals surface area contributed by atoms with Gasteiger partial charge in [-0.05, 0) is 29.8 Å². The molecule has 136 valence electrons. The van der Waals surface area contributed by atoms with E-state index in [-0.39, 0.29) is 34.9 Å². The molecule has 0 fully saturated rings. The summed E-state index contributed by atoms with van der Waals surface area (Å²) in [6, 6.07) is 13.9. The van der Waals surface area contributed by atoms with Crippen molar-refractivity contribution in [3.05, 3.63) is 104 Å². The molecule has 8 heteroatoms.